The molecule has 0 radical (unpaired) electrons. The van der Waals surface area contributed by atoms with Gasteiger partial charge in [0.15, 0.2) is 0 Å². The van der Waals surface area contributed by atoms with Crippen LogP contribution in [0.3, 0.4) is 0 Å². The fourth-order valence-corrected chi connectivity index (χ4v) is 3.73. The second-order valence-corrected chi connectivity index (χ2v) is 8.33. The Kier molecular flexibility index (Phi) is 4.33. The molecular weight excluding hydrogens is 280 g/mol. The van der Waals surface area contributed by atoms with Gasteiger partial charge in [0.2, 0.25) is 0 Å². The van der Waals surface area contributed by atoms with Gasteiger partial charge in [0, 0.05) is 0 Å². The van der Waals surface area contributed by atoms with E-state index in [0.29, 0.717) is 18.8 Å². The van der Waals surface area contributed by atoms with Crippen molar-refractivity contribution in [1.82, 2.24) is 10.2 Å². The van der Waals surface area contributed by atoms with E-state index in [0.717, 1.165) is 19.3 Å². The Balaban J connectivity index is 2.08. The fraction of sp³-hybridized carbons (Fsp3) is 0.882. The van der Waals surface area contributed by atoms with Crippen LogP contribution >= 0.6 is 0 Å². The zero-order valence-corrected chi connectivity index (χ0v) is 14.5. The summed E-state index contributed by atoms with van der Waals surface area (Å²) in [6.07, 6.45) is 4.45. The molecule has 5 nitrogen and oxygen atoms in total. The molecule has 0 aromatic rings. The van der Waals surface area contributed by atoms with Gasteiger partial charge in [-0.2, -0.15) is 0 Å². The second kappa shape index (κ2) is 5.52. The van der Waals surface area contributed by atoms with Crippen molar-refractivity contribution in [3.05, 3.63) is 0 Å². The summed E-state index contributed by atoms with van der Waals surface area (Å²) >= 11 is 0. The van der Waals surface area contributed by atoms with Gasteiger partial charge in [-0.3, -0.25) is 9.69 Å². The van der Waals surface area contributed by atoms with E-state index in [1.165, 1.54) is 4.90 Å². The van der Waals surface area contributed by atoms with Crippen LogP contribution in [0.25, 0.3) is 0 Å². The van der Waals surface area contributed by atoms with Crippen LogP contribution in [0.1, 0.15) is 66.7 Å². The van der Waals surface area contributed by atoms with E-state index in [4.69, 9.17) is 0 Å². The lowest BCUT2D eigenvalue weighted by Crippen LogP contribution is -2.51. The SMILES string of the molecule is CCC(C)(C)C1CCC2(CC1)NC(=O)N(CC(C)(C)O)C2=O. The minimum absolute atomic E-state index is 0.0449. The summed E-state index contributed by atoms with van der Waals surface area (Å²) in [7, 11) is 0. The van der Waals surface area contributed by atoms with Crippen LogP contribution in [0.2, 0.25) is 0 Å². The molecule has 2 aliphatic rings. The predicted octanol–water partition coefficient (Wildman–Crippen LogP) is 2.67. The predicted molar refractivity (Wildman–Crippen MR) is 85.3 cm³/mol. The third kappa shape index (κ3) is 3.14. The topological polar surface area (TPSA) is 69.6 Å². The Bertz CT molecular complexity index is 457. The van der Waals surface area contributed by atoms with Crippen LogP contribution in [0.4, 0.5) is 4.79 Å². The lowest BCUT2D eigenvalue weighted by atomic mass is 9.65. The standard InChI is InChI=1S/C17H30N2O3/c1-6-15(2,3)12-7-9-17(10-8-12)13(20)19(14(21)18-17)11-16(4,5)22/h12,22H,6-11H2,1-5H3,(H,18,21). The molecule has 0 atom stereocenters. The molecule has 2 N–H and O–H groups in total. The third-order valence-corrected chi connectivity index (χ3v) is 5.65. The number of nitrogens with one attached hydrogen (secondary N) is 1. The van der Waals surface area contributed by atoms with Crippen molar-refractivity contribution in [2.75, 3.05) is 6.54 Å². The Labute approximate surface area is 133 Å². The summed E-state index contributed by atoms with van der Waals surface area (Å²) in [6, 6.07) is -0.361. The van der Waals surface area contributed by atoms with Gasteiger partial charge >= 0.3 is 6.03 Å². The highest BCUT2D eigenvalue weighted by Crippen LogP contribution is 2.45. The molecule has 1 saturated carbocycles. The summed E-state index contributed by atoms with van der Waals surface area (Å²) in [5.41, 5.74) is -1.53. The van der Waals surface area contributed by atoms with Crippen LogP contribution in [0.5, 0.6) is 0 Å². The maximum absolute atomic E-state index is 12.7. The third-order valence-electron chi connectivity index (χ3n) is 5.65. The first kappa shape index (κ1) is 17.3. The Morgan fingerprint density at radius 1 is 1.23 bits per heavy atom. The molecule has 0 aromatic heterocycles. The van der Waals surface area contributed by atoms with Crippen molar-refractivity contribution in [2.24, 2.45) is 11.3 Å². The van der Waals surface area contributed by atoms with E-state index in [-0.39, 0.29) is 23.9 Å². The highest BCUT2D eigenvalue weighted by atomic mass is 16.3. The minimum Gasteiger partial charge on any atom is -0.389 e. The summed E-state index contributed by atoms with van der Waals surface area (Å²) in [5.74, 6) is 0.434. The van der Waals surface area contributed by atoms with Crippen molar-refractivity contribution in [3.8, 4) is 0 Å². The van der Waals surface area contributed by atoms with E-state index in [1.807, 2.05) is 0 Å². The smallest absolute Gasteiger partial charge is 0.325 e. The van der Waals surface area contributed by atoms with E-state index in [2.05, 4.69) is 26.1 Å². The average Bonchev–Trinajstić information content (AvgIpc) is 2.63. The number of carbonyl (C=O) groups excluding carboxylic acids is 2. The quantitative estimate of drug-likeness (QED) is 0.784. The zero-order valence-electron chi connectivity index (χ0n) is 14.5. The summed E-state index contributed by atoms with van der Waals surface area (Å²) in [6.45, 7) is 10.0. The monoisotopic (exact) mass is 310 g/mol. The Hall–Kier alpha value is -1.10. The summed E-state index contributed by atoms with van der Waals surface area (Å²) in [5, 5.41) is 12.8. The average molecular weight is 310 g/mol. The maximum Gasteiger partial charge on any atom is 0.325 e. The number of hydrogen-bond donors (Lipinski definition) is 2. The van der Waals surface area contributed by atoms with Crippen LogP contribution in [0, 0.1) is 11.3 Å². The number of imide groups is 1. The second-order valence-electron chi connectivity index (χ2n) is 8.33. The lowest BCUT2D eigenvalue weighted by molar-refractivity contribution is -0.135. The van der Waals surface area contributed by atoms with Crippen molar-refractivity contribution in [2.45, 2.75) is 77.9 Å². The molecule has 5 heteroatoms. The van der Waals surface area contributed by atoms with Crippen molar-refractivity contribution in [3.63, 3.8) is 0 Å². The van der Waals surface area contributed by atoms with Gasteiger partial charge in [0.1, 0.15) is 5.54 Å². The van der Waals surface area contributed by atoms with Gasteiger partial charge in [0.05, 0.1) is 12.1 Å². The molecule has 1 aliphatic heterocycles. The lowest BCUT2D eigenvalue weighted by Gasteiger charge is -2.42. The number of aliphatic hydroxyl groups is 1. The highest BCUT2D eigenvalue weighted by molar-refractivity contribution is 6.07. The molecule has 2 fully saturated rings. The van der Waals surface area contributed by atoms with Crippen molar-refractivity contribution >= 4 is 11.9 Å². The normalized spacial score (nSPS) is 30.1. The van der Waals surface area contributed by atoms with E-state index >= 15 is 0 Å². The first-order chi connectivity index (χ1) is 10.0. The van der Waals surface area contributed by atoms with E-state index in [9.17, 15) is 14.7 Å². The highest BCUT2D eigenvalue weighted by Gasteiger charge is 2.54. The summed E-state index contributed by atoms with van der Waals surface area (Å²) in [4.78, 5) is 26.1. The van der Waals surface area contributed by atoms with E-state index < -0.39 is 11.1 Å². The van der Waals surface area contributed by atoms with Gasteiger partial charge in [-0.1, -0.05) is 27.2 Å². The largest absolute Gasteiger partial charge is 0.389 e. The molecule has 3 amide bonds. The van der Waals surface area contributed by atoms with Crippen LogP contribution < -0.4 is 5.32 Å². The van der Waals surface area contributed by atoms with Gasteiger partial charge in [-0.15, -0.1) is 0 Å². The molecule has 1 heterocycles. The van der Waals surface area contributed by atoms with Crippen LogP contribution in [-0.2, 0) is 4.79 Å². The number of amides is 3. The molecule has 0 bridgehead atoms. The number of rotatable bonds is 4. The number of hydrogen-bond acceptors (Lipinski definition) is 3. The Morgan fingerprint density at radius 3 is 2.23 bits per heavy atom. The molecule has 126 valence electrons. The van der Waals surface area contributed by atoms with Crippen molar-refractivity contribution in [1.29, 1.82) is 0 Å². The maximum atomic E-state index is 12.7. The zero-order chi connectivity index (χ0) is 16.8. The molecule has 1 saturated heterocycles. The number of carbonyl (C=O) groups is 2. The molecule has 2 rings (SSSR count). The van der Waals surface area contributed by atoms with Gasteiger partial charge < -0.3 is 10.4 Å². The van der Waals surface area contributed by atoms with E-state index in [1.54, 1.807) is 13.8 Å². The Morgan fingerprint density at radius 2 is 1.77 bits per heavy atom. The van der Waals surface area contributed by atoms with Gasteiger partial charge in [0.25, 0.3) is 5.91 Å². The van der Waals surface area contributed by atoms with Gasteiger partial charge in [-0.25, -0.2) is 4.79 Å². The molecule has 22 heavy (non-hydrogen) atoms. The number of nitrogens with zero attached hydrogens (tertiary/aromatic N) is 1. The number of β-amino-alcohol motifs (C(OH)–C–C–N with tert-alkyl or cyclic N) is 1. The molecule has 0 unspecified atom stereocenters. The molecule has 1 spiro atoms. The molecule has 0 aromatic carbocycles. The van der Waals surface area contributed by atoms with Gasteiger partial charge in [-0.05, 0) is 50.9 Å². The van der Waals surface area contributed by atoms with Crippen LogP contribution in [-0.4, -0.2) is 39.6 Å². The summed E-state index contributed by atoms with van der Waals surface area (Å²) < 4.78 is 0. The number of urea groups is 1. The van der Waals surface area contributed by atoms with Crippen molar-refractivity contribution < 1.29 is 14.7 Å². The molecular formula is C17H30N2O3. The fourth-order valence-electron chi connectivity index (χ4n) is 3.73. The first-order valence-corrected chi connectivity index (χ1v) is 8.37. The molecule has 1 aliphatic carbocycles. The minimum atomic E-state index is -1.07. The first-order valence-electron chi connectivity index (χ1n) is 8.37. The van der Waals surface area contributed by atoms with Crippen LogP contribution in [0.15, 0.2) is 0 Å².